The Hall–Kier alpha value is -3.56. The van der Waals surface area contributed by atoms with Crippen LogP contribution in [0.2, 0.25) is 0 Å². The number of hydrogen-bond acceptors (Lipinski definition) is 5. The molecule has 0 bridgehead atoms. The molecule has 3 rings (SSSR count). The number of carbonyl (C=O) groups is 1. The Morgan fingerprint density at radius 1 is 0.969 bits per heavy atom. The SMILES string of the molecule is Cc1ccc([N+](=O)[O-])cc1NC(=O)CCc1ccc(S(=O)(=O)NCc2ccccc2)cc1. The molecule has 0 aliphatic rings. The van der Waals surface area contributed by atoms with Gasteiger partial charge in [-0.25, -0.2) is 13.1 Å². The first kappa shape index (κ1) is 23.1. The van der Waals surface area contributed by atoms with Crippen LogP contribution in [0.1, 0.15) is 23.1 Å². The van der Waals surface area contributed by atoms with Crippen molar-refractivity contribution < 1.29 is 18.1 Å². The molecule has 0 aliphatic carbocycles. The molecule has 0 aromatic heterocycles. The van der Waals surface area contributed by atoms with Gasteiger partial charge in [0.2, 0.25) is 15.9 Å². The van der Waals surface area contributed by atoms with E-state index in [1.54, 1.807) is 25.1 Å². The Labute approximate surface area is 186 Å². The highest BCUT2D eigenvalue weighted by Crippen LogP contribution is 2.22. The fourth-order valence-electron chi connectivity index (χ4n) is 3.02. The molecule has 3 aromatic carbocycles. The molecule has 8 nitrogen and oxygen atoms in total. The second-order valence-corrected chi connectivity index (χ2v) is 9.03. The fraction of sp³-hybridized carbons (Fsp3) is 0.174. The summed E-state index contributed by atoms with van der Waals surface area (Å²) >= 11 is 0. The lowest BCUT2D eigenvalue weighted by Crippen LogP contribution is -2.23. The number of anilines is 1. The third-order valence-corrected chi connectivity index (χ3v) is 6.31. The minimum absolute atomic E-state index is 0.0939. The summed E-state index contributed by atoms with van der Waals surface area (Å²) in [5.41, 5.74) is 2.69. The van der Waals surface area contributed by atoms with Gasteiger partial charge in [0.15, 0.2) is 0 Å². The molecule has 0 aliphatic heterocycles. The van der Waals surface area contributed by atoms with E-state index in [1.165, 1.54) is 24.3 Å². The fourth-order valence-corrected chi connectivity index (χ4v) is 4.04. The van der Waals surface area contributed by atoms with Gasteiger partial charge in [-0.1, -0.05) is 48.5 Å². The van der Waals surface area contributed by atoms with Crippen LogP contribution in [-0.2, 0) is 27.8 Å². The lowest BCUT2D eigenvalue weighted by Gasteiger charge is -2.09. The van der Waals surface area contributed by atoms with Crippen LogP contribution >= 0.6 is 0 Å². The molecule has 1 amide bonds. The number of aryl methyl sites for hydroxylation is 2. The normalized spacial score (nSPS) is 11.2. The zero-order chi connectivity index (χ0) is 23.1. The molecule has 0 radical (unpaired) electrons. The summed E-state index contributed by atoms with van der Waals surface area (Å²) in [7, 11) is -3.65. The van der Waals surface area contributed by atoms with E-state index < -0.39 is 14.9 Å². The second kappa shape index (κ2) is 10.2. The number of nitrogens with zero attached hydrogens (tertiary/aromatic N) is 1. The van der Waals surface area contributed by atoms with Gasteiger partial charge in [0.05, 0.1) is 15.5 Å². The van der Waals surface area contributed by atoms with Gasteiger partial charge in [-0.3, -0.25) is 14.9 Å². The monoisotopic (exact) mass is 453 g/mol. The number of sulfonamides is 1. The van der Waals surface area contributed by atoms with Crippen LogP contribution in [0.25, 0.3) is 0 Å². The quantitative estimate of drug-likeness (QED) is 0.376. The molecule has 0 atom stereocenters. The maximum atomic E-state index is 12.5. The van der Waals surface area contributed by atoms with Crippen molar-refractivity contribution in [2.45, 2.75) is 31.2 Å². The number of nitro groups is 1. The Morgan fingerprint density at radius 3 is 2.31 bits per heavy atom. The van der Waals surface area contributed by atoms with E-state index in [0.717, 1.165) is 16.7 Å². The first-order valence-corrected chi connectivity index (χ1v) is 11.4. The molecule has 2 N–H and O–H groups in total. The van der Waals surface area contributed by atoms with Crippen LogP contribution in [0.5, 0.6) is 0 Å². The maximum Gasteiger partial charge on any atom is 0.271 e. The van der Waals surface area contributed by atoms with E-state index in [9.17, 15) is 23.3 Å². The molecule has 0 fully saturated rings. The molecule has 3 aromatic rings. The number of nitrogens with one attached hydrogen (secondary N) is 2. The largest absolute Gasteiger partial charge is 0.326 e. The van der Waals surface area contributed by atoms with Crippen LogP contribution in [0.3, 0.4) is 0 Å². The minimum atomic E-state index is -3.65. The first-order chi connectivity index (χ1) is 15.2. The summed E-state index contributed by atoms with van der Waals surface area (Å²) < 4.78 is 27.5. The van der Waals surface area contributed by atoms with Gasteiger partial charge in [0, 0.05) is 25.1 Å². The average Bonchev–Trinajstić information content (AvgIpc) is 2.79. The Morgan fingerprint density at radius 2 is 1.66 bits per heavy atom. The van der Waals surface area contributed by atoms with Crippen molar-refractivity contribution in [3.8, 4) is 0 Å². The molecule has 0 unspecified atom stereocenters. The zero-order valence-corrected chi connectivity index (χ0v) is 18.3. The standard InChI is InChI=1S/C23H23N3O5S/c1-17-7-11-20(26(28)29)15-22(17)25-23(27)14-10-18-8-12-21(13-9-18)32(30,31)24-16-19-5-3-2-4-6-19/h2-9,11-13,15,24H,10,14,16H2,1H3,(H,25,27). The van der Waals surface area contributed by atoms with Gasteiger partial charge >= 0.3 is 0 Å². The molecule has 0 spiro atoms. The number of amides is 1. The molecule has 32 heavy (non-hydrogen) atoms. The predicted octanol–water partition coefficient (Wildman–Crippen LogP) is 3.95. The molecule has 0 saturated carbocycles. The predicted molar refractivity (Wildman–Crippen MR) is 122 cm³/mol. The van der Waals surface area contributed by atoms with Crippen molar-refractivity contribution in [2.75, 3.05) is 5.32 Å². The lowest BCUT2D eigenvalue weighted by atomic mass is 10.1. The third kappa shape index (κ3) is 6.22. The molecular weight excluding hydrogens is 430 g/mol. The molecule has 9 heteroatoms. The first-order valence-electron chi connectivity index (χ1n) is 9.92. The van der Waals surface area contributed by atoms with Crippen molar-refractivity contribution in [3.05, 3.63) is 99.6 Å². The van der Waals surface area contributed by atoms with E-state index in [4.69, 9.17) is 0 Å². The molecule has 0 saturated heterocycles. The topological polar surface area (TPSA) is 118 Å². The van der Waals surface area contributed by atoms with Gasteiger partial charge in [-0.2, -0.15) is 0 Å². The average molecular weight is 454 g/mol. The summed E-state index contributed by atoms with van der Waals surface area (Å²) in [6, 6.07) is 19.9. The van der Waals surface area contributed by atoms with Crippen molar-refractivity contribution in [2.24, 2.45) is 0 Å². The molecule has 166 valence electrons. The van der Waals surface area contributed by atoms with Gasteiger partial charge in [0.1, 0.15) is 0 Å². The third-order valence-electron chi connectivity index (χ3n) is 4.89. The highest BCUT2D eigenvalue weighted by Gasteiger charge is 2.14. The highest BCUT2D eigenvalue weighted by molar-refractivity contribution is 7.89. The Balaban J connectivity index is 1.56. The van der Waals surface area contributed by atoms with Crippen molar-refractivity contribution >= 4 is 27.3 Å². The van der Waals surface area contributed by atoms with Crippen molar-refractivity contribution in [1.29, 1.82) is 0 Å². The van der Waals surface area contributed by atoms with E-state index in [0.29, 0.717) is 12.1 Å². The Kier molecular flexibility index (Phi) is 7.34. The number of hydrogen-bond donors (Lipinski definition) is 2. The Bertz CT molecular complexity index is 1210. The minimum Gasteiger partial charge on any atom is -0.326 e. The van der Waals surface area contributed by atoms with E-state index in [1.807, 2.05) is 30.3 Å². The van der Waals surface area contributed by atoms with Gasteiger partial charge in [0.25, 0.3) is 5.69 Å². The van der Waals surface area contributed by atoms with Crippen LogP contribution in [0.4, 0.5) is 11.4 Å². The summed E-state index contributed by atoms with van der Waals surface area (Å²) in [6.07, 6.45) is 0.554. The van der Waals surface area contributed by atoms with Gasteiger partial charge in [-0.05, 0) is 42.2 Å². The van der Waals surface area contributed by atoms with E-state index in [2.05, 4.69) is 10.0 Å². The summed E-state index contributed by atoms with van der Waals surface area (Å²) in [6.45, 7) is 1.95. The molecular formula is C23H23N3O5S. The van der Waals surface area contributed by atoms with Crippen LogP contribution in [0, 0.1) is 17.0 Å². The summed E-state index contributed by atoms with van der Waals surface area (Å²) in [5, 5.41) is 13.6. The number of nitro benzene ring substituents is 1. The number of carbonyl (C=O) groups excluding carboxylic acids is 1. The summed E-state index contributed by atoms with van der Waals surface area (Å²) in [5.74, 6) is -0.283. The summed E-state index contributed by atoms with van der Waals surface area (Å²) in [4.78, 5) is 22.8. The smallest absolute Gasteiger partial charge is 0.271 e. The van der Waals surface area contributed by atoms with E-state index >= 15 is 0 Å². The number of non-ortho nitro benzene ring substituents is 1. The van der Waals surface area contributed by atoms with Gasteiger partial charge in [-0.15, -0.1) is 0 Å². The van der Waals surface area contributed by atoms with Crippen LogP contribution in [-0.4, -0.2) is 19.2 Å². The van der Waals surface area contributed by atoms with Crippen molar-refractivity contribution in [1.82, 2.24) is 4.72 Å². The highest BCUT2D eigenvalue weighted by atomic mass is 32.2. The number of rotatable bonds is 9. The van der Waals surface area contributed by atoms with Crippen LogP contribution < -0.4 is 10.0 Å². The maximum absolute atomic E-state index is 12.5. The van der Waals surface area contributed by atoms with E-state index in [-0.39, 0.29) is 29.5 Å². The number of benzene rings is 3. The lowest BCUT2D eigenvalue weighted by molar-refractivity contribution is -0.384. The van der Waals surface area contributed by atoms with Crippen molar-refractivity contribution in [3.63, 3.8) is 0 Å². The molecule has 0 heterocycles. The van der Waals surface area contributed by atoms with Gasteiger partial charge < -0.3 is 5.32 Å². The second-order valence-electron chi connectivity index (χ2n) is 7.26. The zero-order valence-electron chi connectivity index (χ0n) is 17.4. The van der Waals surface area contributed by atoms with Crippen LogP contribution in [0.15, 0.2) is 77.7 Å².